The maximum absolute atomic E-state index is 11.8. The number of hydrogen-bond donors (Lipinski definition) is 1. The lowest BCUT2D eigenvalue weighted by molar-refractivity contribution is 0.0505. The monoisotopic (exact) mass is 302 g/mol. The minimum Gasteiger partial charge on any atom is -0.462 e. The summed E-state index contributed by atoms with van der Waals surface area (Å²) in [5, 5.41) is 8.30. The van der Waals surface area contributed by atoms with E-state index in [4.69, 9.17) is 10.5 Å². The van der Waals surface area contributed by atoms with Crippen LogP contribution in [0.25, 0.3) is 5.69 Å². The van der Waals surface area contributed by atoms with E-state index >= 15 is 0 Å². The number of nitrogens with two attached hydrogens (primary N) is 1. The van der Waals surface area contributed by atoms with Crippen LogP contribution in [0.2, 0.25) is 0 Å². The minimum atomic E-state index is -0.307. The average molecular weight is 302 g/mol. The van der Waals surface area contributed by atoms with Crippen molar-refractivity contribution in [3.05, 3.63) is 41.2 Å². The Morgan fingerprint density at radius 1 is 1.32 bits per heavy atom. The van der Waals surface area contributed by atoms with Gasteiger partial charge < -0.3 is 10.5 Å². The first kappa shape index (κ1) is 16.2. The van der Waals surface area contributed by atoms with E-state index in [0.29, 0.717) is 18.7 Å². The van der Waals surface area contributed by atoms with Gasteiger partial charge in [0.05, 0.1) is 23.6 Å². The van der Waals surface area contributed by atoms with Crippen molar-refractivity contribution >= 4 is 5.97 Å². The Labute approximate surface area is 130 Å². The Balaban J connectivity index is 2.28. The fourth-order valence-electron chi connectivity index (χ4n) is 2.25. The predicted octanol–water partition coefficient (Wildman–Crippen LogP) is 2.42. The van der Waals surface area contributed by atoms with E-state index in [1.54, 1.807) is 16.8 Å². The van der Waals surface area contributed by atoms with Crippen LogP contribution in [0.3, 0.4) is 0 Å². The summed E-state index contributed by atoms with van der Waals surface area (Å²) in [5.41, 5.74) is 8.88. The highest BCUT2D eigenvalue weighted by molar-refractivity contribution is 5.89. The molecule has 0 aliphatic carbocycles. The smallest absolute Gasteiger partial charge is 0.338 e. The van der Waals surface area contributed by atoms with Crippen molar-refractivity contribution < 1.29 is 9.53 Å². The maximum Gasteiger partial charge on any atom is 0.338 e. The molecule has 22 heavy (non-hydrogen) atoms. The molecule has 0 aliphatic heterocycles. The van der Waals surface area contributed by atoms with E-state index in [0.717, 1.165) is 23.5 Å². The molecule has 0 fully saturated rings. The van der Waals surface area contributed by atoms with E-state index in [1.165, 1.54) is 0 Å². The summed E-state index contributed by atoms with van der Waals surface area (Å²) in [4.78, 5) is 11.8. The van der Waals surface area contributed by atoms with Crippen molar-refractivity contribution in [1.29, 1.82) is 0 Å². The van der Waals surface area contributed by atoms with Gasteiger partial charge in [-0.05, 0) is 36.6 Å². The molecule has 0 saturated heterocycles. The SMILES string of the molecule is CCCOC(=O)c1ccc(-n2nnc(CN)c2C(C)C)cc1. The Morgan fingerprint density at radius 2 is 2.00 bits per heavy atom. The van der Waals surface area contributed by atoms with Gasteiger partial charge in [-0.25, -0.2) is 9.48 Å². The summed E-state index contributed by atoms with van der Waals surface area (Å²) in [6, 6.07) is 7.15. The van der Waals surface area contributed by atoms with Crippen molar-refractivity contribution in [2.45, 2.75) is 39.7 Å². The molecule has 0 amide bonds. The number of hydrogen-bond acceptors (Lipinski definition) is 5. The fraction of sp³-hybridized carbons (Fsp3) is 0.438. The van der Waals surface area contributed by atoms with Crippen molar-refractivity contribution in [1.82, 2.24) is 15.0 Å². The second kappa shape index (κ2) is 7.17. The molecule has 0 radical (unpaired) electrons. The van der Waals surface area contributed by atoms with Gasteiger partial charge in [-0.1, -0.05) is 26.0 Å². The summed E-state index contributed by atoms with van der Waals surface area (Å²) in [5.74, 6) is -0.0542. The number of esters is 1. The van der Waals surface area contributed by atoms with Gasteiger partial charge in [0.25, 0.3) is 0 Å². The number of benzene rings is 1. The first-order chi connectivity index (χ1) is 10.6. The largest absolute Gasteiger partial charge is 0.462 e. The van der Waals surface area contributed by atoms with Gasteiger partial charge in [0.1, 0.15) is 5.69 Å². The molecule has 6 nitrogen and oxygen atoms in total. The maximum atomic E-state index is 11.8. The quantitative estimate of drug-likeness (QED) is 0.828. The van der Waals surface area contributed by atoms with Crippen molar-refractivity contribution in [2.24, 2.45) is 5.73 Å². The molecule has 2 rings (SSSR count). The lowest BCUT2D eigenvalue weighted by Gasteiger charge is -2.11. The number of ether oxygens (including phenoxy) is 1. The molecule has 1 aromatic carbocycles. The number of nitrogens with zero attached hydrogens (tertiary/aromatic N) is 3. The predicted molar refractivity (Wildman–Crippen MR) is 83.9 cm³/mol. The summed E-state index contributed by atoms with van der Waals surface area (Å²) < 4.78 is 6.89. The van der Waals surface area contributed by atoms with Gasteiger partial charge in [-0.3, -0.25) is 0 Å². The number of rotatable bonds is 6. The topological polar surface area (TPSA) is 83.0 Å². The zero-order valence-corrected chi connectivity index (χ0v) is 13.2. The highest BCUT2D eigenvalue weighted by Crippen LogP contribution is 2.21. The third-order valence-electron chi connectivity index (χ3n) is 3.30. The van der Waals surface area contributed by atoms with Crippen LogP contribution in [0.5, 0.6) is 0 Å². The molecular formula is C16H22N4O2. The zero-order valence-electron chi connectivity index (χ0n) is 13.2. The van der Waals surface area contributed by atoms with Gasteiger partial charge in [-0.15, -0.1) is 5.10 Å². The van der Waals surface area contributed by atoms with Crippen LogP contribution in [0.4, 0.5) is 0 Å². The molecule has 0 aliphatic rings. The molecule has 0 unspecified atom stereocenters. The van der Waals surface area contributed by atoms with E-state index < -0.39 is 0 Å². The second-order valence-electron chi connectivity index (χ2n) is 5.37. The molecule has 1 heterocycles. The normalized spacial score (nSPS) is 11.0. The lowest BCUT2D eigenvalue weighted by atomic mass is 10.1. The number of carbonyl (C=O) groups is 1. The Kier molecular flexibility index (Phi) is 5.27. The summed E-state index contributed by atoms with van der Waals surface area (Å²) in [6.45, 7) is 6.90. The summed E-state index contributed by atoms with van der Waals surface area (Å²) >= 11 is 0. The molecule has 1 aromatic heterocycles. The molecule has 0 spiro atoms. The summed E-state index contributed by atoms with van der Waals surface area (Å²) in [6.07, 6.45) is 0.808. The Hall–Kier alpha value is -2.21. The van der Waals surface area contributed by atoms with E-state index in [2.05, 4.69) is 24.2 Å². The number of carbonyl (C=O) groups excluding carboxylic acids is 1. The standard InChI is InChI=1S/C16H22N4O2/c1-4-9-22-16(21)12-5-7-13(8-6-12)20-15(11(2)3)14(10-17)18-19-20/h5-8,11H,4,9-10,17H2,1-3H3. The van der Waals surface area contributed by atoms with Gasteiger partial charge in [0.15, 0.2) is 0 Å². The number of aromatic nitrogens is 3. The van der Waals surface area contributed by atoms with E-state index in [-0.39, 0.29) is 11.9 Å². The third-order valence-corrected chi connectivity index (χ3v) is 3.30. The first-order valence-corrected chi connectivity index (χ1v) is 7.50. The van der Waals surface area contributed by atoms with Crippen LogP contribution in [-0.2, 0) is 11.3 Å². The van der Waals surface area contributed by atoms with Crippen LogP contribution in [0.1, 0.15) is 54.9 Å². The zero-order chi connectivity index (χ0) is 16.1. The molecule has 2 N–H and O–H groups in total. The second-order valence-corrected chi connectivity index (χ2v) is 5.37. The molecular weight excluding hydrogens is 280 g/mol. The van der Waals surface area contributed by atoms with Gasteiger partial charge in [-0.2, -0.15) is 0 Å². The van der Waals surface area contributed by atoms with Crippen LogP contribution in [0.15, 0.2) is 24.3 Å². The van der Waals surface area contributed by atoms with Crippen LogP contribution < -0.4 is 5.73 Å². The van der Waals surface area contributed by atoms with E-state index in [9.17, 15) is 4.79 Å². The van der Waals surface area contributed by atoms with Gasteiger partial charge in [0, 0.05) is 6.54 Å². The molecule has 118 valence electrons. The van der Waals surface area contributed by atoms with E-state index in [1.807, 2.05) is 19.1 Å². The lowest BCUT2D eigenvalue weighted by Crippen LogP contribution is -2.09. The molecule has 6 heteroatoms. The Bertz CT molecular complexity index is 632. The van der Waals surface area contributed by atoms with Crippen molar-refractivity contribution in [3.8, 4) is 5.69 Å². The highest BCUT2D eigenvalue weighted by Gasteiger charge is 2.16. The summed E-state index contributed by atoms with van der Waals surface area (Å²) in [7, 11) is 0. The first-order valence-electron chi connectivity index (χ1n) is 7.50. The van der Waals surface area contributed by atoms with Crippen LogP contribution in [-0.4, -0.2) is 27.6 Å². The van der Waals surface area contributed by atoms with Crippen molar-refractivity contribution in [2.75, 3.05) is 6.61 Å². The van der Waals surface area contributed by atoms with Crippen LogP contribution >= 0.6 is 0 Å². The third kappa shape index (κ3) is 3.33. The minimum absolute atomic E-state index is 0.253. The highest BCUT2D eigenvalue weighted by atomic mass is 16.5. The Morgan fingerprint density at radius 3 is 2.55 bits per heavy atom. The van der Waals surface area contributed by atoms with Crippen LogP contribution in [0, 0.1) is 0 Å². The van der Waals surface area contributed by atoms with Gasteiger partial charge in [0.2, 0.25) is 0 Å². The van der Waals surface area contributed by atoms with Gasteiger partial charge >= 0.3 is 5.97 Å². The molecule has 0 saturated carbocycles. The molecule has 0 atom stereocenters. The van der Waals surface area contributed by atoms with Crippen molar-refractivity contribution in [3.63, 3.8) is 0 Å². The fourth-order valence-corrected chi connectivity index (χ4v) is 2.25. The molecule has 2 aromatic rings. The average Bonchev–Trinajstić information content (AvgIpc) is 2.97. The molecule has 0 bridgehead atoms.